The maximum Gasteiger partial charge on any atom is 0.292 e. The summed E-state index contributed by atoms with van der Waals surface area (Å²) < 4.78 is 11.1. The molecule has 0 atom stereocenters. The maximum absolute atomic E-state index is 5.42. The second-order valence-electron chi connectivity index (χ2n) is 2.92. The number of aromatic nitrogens is 1. The molecule has 0 unspecified atom stereocenters. The second kappa shape index (κ2) is 3.94. The molecule has 0 radical (unpaired) electrons. The number of methoxy groups -OCH3 is 1. The number of nitrogens with two attached hydrogens (primary N) is 1. The van der Waals surface area contributed by atoms with Gasteiger partial charge in [-0.3, -0.25) is 0 Å². The molecule has 0 saturated carbocycles. The SMILES string of the molecule is COc1ccc(Br)cc1-c1coc(N)n1. The van der Waals surface area contributed by atoms with Gasteiger partial charge in [0.25, 0.3) is 6.01 Å². The van der Waals surface area contributed by atoms with Gasteiger partial charge in [0.2, 0.25) is 0 Å². The zero-order chi connectivity index (χ0) is 10.8. The molecule has 0 spiro atoms. The fourth-order valence-corrected chi connectivity index (χ4v) is 1.65. The van der Waals surface area contributed by atoms with Crippen LogP contribution in [0.15, 0.2) is 33.4 Å². The minimum Gasteiger partial charge on any atom is -0.496 e. The third-order valence-corrected chi connectivity index (χ3v) is 2.45. The first-order valence-corrected chi connectivity index (χ1v) is 5.05. The number of benzene rings is 1. The number of hydrogen-bond donors (Lipinski definition) is 1. The summed E-state index contributed by atoms with van der Waals surface area (Å²) in [5, 5.41) is 0. The van der Waals surface area contributed by atoms with Crippen LogP contribution in [0.5, 0.6) is 5.75 Å². The van der Waals surface area contributed by atoms with E-state index in [1.807, 2.05) is 18.2 Å². The summed E-state index contributed by atoms with van der Waals surface area (Å²) in [5.74, 6) is 0.728. The van der Waals surface area contributed by atoms with Crippen molar-refractivity contribution in [1.29, 1.82) is 0 Å². The smallest absolute Gasteiger partial charge is 0.292 e. The molecule has 0 saturated heterocycles. The van der Waals surface area contributed by atoms with Gasteiger partial charge >= 0.3 is 0 Å². The molecule has 0 aliphatic carbocycles. The molecular formula is C10H9BrN2O2. The van der Waals surface area contributed by atoms with Crippen LogP contribution in [-0.2, 0) is 0 Å². The van der Waals surface area contributed by atoms with E-state index in [4.69, 9.17) is 14.9 Å². The molecule has 0 fully saturated rings. The fourth-order valence-electron chi connectivity index (χ4n) is 1.29. The van der Waals surface area contributed by atoms with Crippen molar-refractivity contribution in [2.45, 2.75) is 0 Å². The summed E-state index contributed by atoms with van der Waals surface area (Å²) in [5.41, 5.74) is 6.91. The van der Waals surface area contributed by atoms with Crippen molar-refractivity contribution in [3.8, 4) is 17.0 Å². The third-order valence-electron chi connectivity index (χ3n) is 1.96. The minimum atomic E-state index is 0.145. The molecule has 2 N–H and O–H groups in total. The molecule has 0 aliphatic heterocycles. The Morgan fingerprint density at radius 1 is 1.47 bits per heavy atom. The van der Waals surface area contributed by atoms with Crippen molar-refractivity contribution in [2.24, 2.45) is 0 Å². The summed E-state index contributed by atoms with van der Waals surface area (Å²) in [7, 11) is 1.61. The van der Waals surface area contributed by atoms with Crippen LogP contribution in [0.4, 0.5) is 6.01 Å². The number of oxazole rings is 1. The highest BCUT2D eigenvalue weighted by Gasteiger charge is 2.10. The van der Waals surface area contributed by atoms with E-state index in [0.717, 1.165) is 15.8 Å². The number of nitrogen functional groups attached to an aromatic ring is 1. The van der Waals surface area contributed by atoms with E-state index in [-0.39, 0.29) is 6.01 Å². The van der Waals surface area contributed by atoms with Gasteiger partial charge in [-0.25, -0.2) is 0 Å². The van der Waals surface area contributed by atoms with E-state index in [0.29, 0.717) is 5.69 Å². The monoisotopic (exact) mass is 268 g/mol. The lowest BCUT2D eigenvalue weighted by Crippen LogP contribution is -1.89. The highest BCUT2D eigenvalue weighted by molar-refractivity contribution is 9.10. The van der Waals surface area contributed by atoms with E-state index < -0.39 is 0 Å². The summed E-state index contributed by atoms with van der Waals surface area (Å²) in [4.78, 5) is 4.04. The molecule has 2 aromatic rings. The molecule has 0 bridgehead atoms. The summed E-state index contributed by atoms with van der Waals surface area (Å²) in [6.07, 6.45) is 1.50. The Balaban J connectivity index is 2.55. The van der Waals surface area contributed by atoms with Gasteiger partial charge < -0.3 is 14.9 Å². The van der Waals surface area contributed by atoms with Crippen LogP contribution >= 0.6 is 15.9 Å². The first kappa shape index (κ1) is 10.0. The molecule has 5 heteroatoms. The first-order chi connectivity index (χ1) is 7.20. The molecular weight excluding hydrogens is 260 g/mol. The van der Waals surface area contributed by atoms with Crippen LogP contribution in [0.2, 0.25) is 0 Å². The molecule has 0 amide bonds. The highest BCUT2D eigenvalue weighted by Crippen LogP contribution is 2.32. The Morgan fingerprint density at radius 2 is 2.27 bits per heavy atom. The quantitative estimate of drug-likeness (QED) is 0.910. The zero-order valence-corrected chi connectivity index (χ0v) is 9.61. The minimum absolute atomic E-state index is 0.145. The van der Waals surface area contributed by atoms with Crippen LogP contribution in [0.3, 0.4) is 0 Å². The second-order valence-corrected chi connectivity index (χ2v) is 3.83. The van der Waals surface area contributed by atoms with Crippen molar-refractivity contribution >= 4 is 21.9 Å². The van der Waals surface area contributed by atoms with Gasteiger partial charge in [-0.1, -0.05) is 15.9 Å². The van der Waals surface area contributed by atoms with Gasteiger partial charge in [-0.05, 0) is 18.2 Å². The van der Waals surface area contributed by atoms with Gasteiger partial charge in [0.15, 0.2) is 0 Å². The highest BCUT2D eigenvalue weighted by atomic mass is 79.9. The van der Waals surface area contributed by atoms with Gasteiger partial charge in [-0.2, -0.15) is 4.98 Å². The third kappa shape index (κ3) is 1.97. The van der Waals surface area contributed by atoms with Gasteiger partial charge in [0.05, 0.1) is 7.11 Å². The predicted molar refractivity (Wildman–Crippen MR) is 60.6 cm³/mol. The summed E-state index contributed by atoms with van der Waals surface area (Å²) >= 11 is 3.38. The summed E-state index contributed by atoms with van der Waals surface area (Å²) in [6.45, 7) is 0. The lowest BCUT2D eigenvalue weighted by atomic mass is 10.1. The standard InChI is InChI=1S/C10H9BrN2O2/c1-14-9-3-2-6(11)4-7(9)8-5-15-10(12)13-8/h2-5H,1H3,(H2,12,13). The van der Waals surface area contributed by atoms with Crippen molar-refractivity contribution in [3.05, 3.63) is 28.9 Å². The lowest BCUT2D eigenvalue weighted by Gasteiger charge is -2.05. The van der Waals surface area contributed by atoms with Crippen molar-refractivity contribution in [2.75, 3.05) is 12.8 Å². The van der Waals surface area contributed by atoms with Gasteiger partial charge in [0, 0.05) is 10.0 Å². The largest absolute Gasteiger partial charge is 0.496 e. The van der Waals surface area contributed by atoms with Crippen molar-refractivity contribution in [1.82, 2.24) is 4.98 Å². The average Bonchev–Trinajstić information content (AvgIpc) is 2.65. The van der Waals surface area contributed by atoms with Crippen LogP contribution < -0.4 is 10.5 Å². The molecule has 1 aromatic carbocycles. The molecule has 1 aromatic heterocycles. The lowest BCUT2D eigenvalue weighted by molar-refractivity contribution is 0.416. The van der Waals surface area contributed by atoms with E-state index in [1.165, 1.54) is 6.26 Å². The van der Waals surface area contributed by atoms with E-state index in [9.17, 15) is 0 Å². The van der Waals surface area contributed by atoms with E-state index in [2.05, 4.69) is 20.9 Å². The predicted octanol–water partition coefficient (Wildman–Crippen LogP) is 2.69. The number of ether oxygens (including phenoxy) is 1. The Labute approximate surface area is 95.2 Å². The Bertz CT molecular complexity index is 482. The van der Waals surface area contributed by atoms with Gasteiger partial charge in [-0.15, -0.1) is 0 Å². The van der Waals surface area contributed by atoms with Crippen molar-refractivity contribution < 1.29 is 9.15 Å². The molecule has 4 nitrogen and oxygen atoms in total. The average molecular weight is 269 g/mol. The number of anilines is 1. The Morgan fingerprint density at radius 3 is 2.87 bits per heavy atom. The normalized spacial score (nSPS) is 10.3. The molecule has 0 aliphatic rings. The molecule has 78 valence electrons. The Hall–Kier alpha value is -1.49. The van der Waals surface area contributed by atoms with Gasteiger partial charge in [0.1, 0.15) is 17.7 Å². The number of rotatable bonds is 2. The van der Waals surface area contributed by atoms with Crippen molar-refractivity contribution in [3.63, 3.8) is 0 Å². The fraction of sp³-hybridized carbons (Fsp3) is 0.100. The van der Waals surface area contributed by atoms with E-state index >= 15 is 0 Å². The molecule has 2 rings (SSSR count). The zero-order valence-electron chi connectivity index (χ0n) is 8.03. The van der Waals surface area contributed by atoms with Crippen LogP contribution in [0.1, 0.15) is 0 Å². The number of hydrogen-bond acceptors (Lipinski definition) is 4. The van der Waals surface area contributed by atoms with Crippen LogP contribution in [-0.4, -0.2) is 12.1 Å². The number of nitrogens with zero attached hydrogens (tertiary/aromatic N) is 1. The molecule has 15 heavy (non-hydrogen) atoms. The van der Waals surface area contributed by atoms with Crippen LogP contribution in [0.25, 0.3) is 11.3 Å². The maximum atomic E-state index is 5.42. The van der Waals surface area contributed by atoms with E-state index in [1.54, 1.807) is 7.11 Å². The topological polar surface area (TPSA) is 61.3 Å². The summed E-state index contributed by atoms with van der Waals surface area (Å²) in [6, 6.07) is 5.79. The first-order valence-electron chi connectivity index (χ1n) is 4.25. The Kier molecular flexibility index (Phi) is 2.64. The number of halogens is 1. The molecule has 1 heterocycles. The van der Waals surface area contributed by atoms with Crippen LogP contribution in [0, 0.1) is 0 Å².